The molecule has 0 N–H and O–H groups in total. The van der Waals surface area contributed by atoms with Crippen molar-refractivity contribution in [1.82, 2.24) is 0 Å². The first-order chi connectivity index (χ1) is 9.16. The highest BCUT2D eigenvalue weighted by molar-refractivity contribution is 6.74. The third kappa shape index (κ3) is 2.14. The number of rotatable bonds is 2. The predicted molar refractivity (Wildman–Crippen MR) is 78.0 cm³/mol. The summed E-state index contributed by atoms with van der Waals surface area (Å²) < 4.78 is 18.1. The average molecular weight is 298 g/mol. The van der Waals surface area contributed by atoms with Crippen LogP contribution in [0.25, 0.3) is 0 Å². The molecule has 20 heavy (non-hydrogen) atoms. The molecular weight excluding hydrogens is 272 g/mol. The molecule has 0 radical (unpaired) electrons. The van der Waals surface area contributed by atoms with Crippen molar-refractivity contribution >= 4 is 14.3 Å². The highest BCUT2D eigenvalue weighted by Crippen LogP contribution is 2.53. The van der Waals surface area contributed by atoms with Gasteiger partial charge in [-0.25, -0.2) is 0 Å². The van der Waals surface area contributed by atoms with Gasteiger partial charge in [0.2, 0.25) is 0 Å². The standard InChI is InChI=1S/C15H26O4Si/c1-14(2,3)20(4,5)19-11-7-6-10-13(17-10)15(11)9-8-12(16)18-15/h10-11,13H,6-9H2,1-5H3/t10-,11-,13-,15-/m1/s1. The Kier molecular flexibility index (Phi) is 3.13. The van der Waals surface area contributed by atoms with Crippen molar-refractivity contribution < 1.29 is 18.7 Å². The normalized spacial score (nSPS) is 40.6. The third-order valence-electron chi connectivity index (χ3n) is 5.59. The van der Waals surface area contributed by atoms with Crippen molar-refractivity contribution in [3.8, 4) is 0 Å². The highest BCUT2D eigenvalue weighted by Gasteiger charge is 2.67. The van der Waals surface area contributed by atoms with E-state index in [4.69, 9.17) is 13.9 Å². The number of ether oxygens (including phenoxy) is 2. The second kappa shape index (κ2) is 4.30. The van der Waals surface area contributed by atoms with Crippen molar-refractivity contribution in [2.45, 2.75) is 88.5 Å². The van der Waals surface area contributed by atoms with Crippen molar-refractivity contribution in [1.29, 1.82) is 0 Å². The first-order valence-corrected chi connectivity index (χ1v) is 10.6. The lowest BCUT2D eigenvalue weighted by molar-refractivity contribution is -0.162. The van der Waals surface area contributed by atoms with Crippen LogP contribution >= 0.6 is 0 Å². The van der Waals surface area contributed by atoms with Crippen molar-refractivity contribution in [3.63, 3.8) is 0 Å². The summed E-state index contributed by atoms with van der Waals surface area (Å²) in [5, 5.41) is 0.165. The summed E-state index contributed by atoms with van der Waals surface area (Å²) >= 11 is 0. The molecule has 0 aromatic rings. The summed E-state index contributed by atoms with van der Waals surface area (Å²) in [4.78, 5) is 11.7. The van der Waals surface area contributed by atoms with Gasteiger partial charge in [0.1, 0.15) is 6.10 Å². The predicted octanol–water partition coefficient (Wildman–Crippen LogP) is 3.01. The molecule has 114 valence electrons. The molecule has 0 amide bonds. The summed E-state index contributed by atoms with van der Waals surface area (Å²) in [5.41, 5.74) is -0.491. The van der Waals surface area contributed by atoms with E-state index in [1.807, 2.05) is 0 Å². The fraction of sp³-hybridized carbons (Fsp3) is 0.933. The van der Waals surface area contributed by atoms with E-state index in [1.54, 1.807) is 0 Å². The van der Waals surface area contributed by atoms with E-state index in [-0.39, 0.29) is 23.2 Å². The zero-order chi connectivity index (χ0) is 14.8. The van der Waals surface area contributed by atoms with Gasteiger partial charge >= 0.3 is 5.97 Å². The zero-order valence-corrected chi connectivity index (χ0v) is 14.2. The number of epoxide rings is 1. The molecule has 3 rings (SSSR count). The van der Waals surface area contributed by atoms with Crippen LogP contribution in [0.1, 0.15) is 46.5 Å². The van der Waals surface area contributed by atoms with Gasteiger partial charge in [-0.3, -0.25) is 4.79 Å². The number of hydrogen-bond donors (Lipinski definition) is 0. The van der Waals surface area contributed by atoms with Crippen LogP contribution in [0, 0.1) is 0 Å². The van der Waals surface area contributed by atoms with Gasteiger partial charge in [0.15, 0.2) is 13.9 Å². The third-order valence-corrected chi connectivity index (χ3v) is 10.1. The Morgan fingerprint density at radius 3 is 2.55 bits per heavy atom. The van der Waals surface area contributed by atoms with E-state index in [0.717, 1.165) is 19.3 Å². The monoisotopic (exact) mass is 298 g/mol. The van der Waals surface area contributed by atoms with E-state index in [1.165, 1.54) is 0 Å². The minimum Gasteiger partial charge on any atom is -0.453 e. The molecule has 1 spiro atoms. The fourth-order valence-corrected chi connectivity index (χ4v) is 4.65. The maximum absolute atomic E-state index is 11.7. The molecule has 3 aliphatic rings. The van der Waals surface area contributed by atoms with Gasteiger partial charge in [-0.15, -0.1) is 0 Å². The Bertz CT molecular complexity index is 428. The lowest BCUT2D eigenvalue weighted by Gasteiger charge is -2.45. The summed E-state index contributed by atoms with van der Waals surface area (Å²) in [6, 6.07) is 0. The van der Waals surface area contributed by atoms with E-state index >= 15 is 0 Å². The molecule has 5 heteroatoms. The Morgan fingerprint density at radius 2 is 2.00 bits per heavy atom. The number of fused-ring (bicyclic) bond motifs is 2. The Hall–Kier alpha value is -0.393. The van der Waals surface area contributed by atoms with E-state index < -0.39 is 13.9 Å². The van der Waals surface area contributed by atoms with E-state index in [9.17, 15) is 4.79 Å². The van der Waals surface area contributed by atoms with Gasteiger partial charge in [-0.2, -0.15) is 0 Å². The van der Waals surface area contributed by atoms with Gasteiger partial charge in [-0.1, -0.05) is 20.8 Å². The molecular formula is C15H26O4Si. The largest absolute Gasteiger partial charge is 0.453 e. The molecule has 4 atom stereocenters. The van der Waals surface area contributed by atoms with Crippen LogP contribution in [-0.2, 0) is 18.7 Å². The van der Waals surface area contributed by atoms with Crippen LogP contribution in [0.4, 0.5) is 0 Å². The van der Waals surface area contributed by atoms with Crippen LogP contribution in [0.3, 0.4) is 0 Å². The summed E-state index contributed by atoms with van der Waals surface area (Å²) in [5.74, 6) is -0.0926. The lowest BCUT2D eigenvalue weighted by atomic mass is 9.80. The number of hydrogen-bond acceptors (Lipinski definition) is 4. The summed E-state index contributed by atoms with van der Waals surface area (Å²) in [6.07, 6.45) is 3.62. The molecule has 1 aliphatic carbocycles. The molecule has 2 aliphatic heterocycles. The SMILES string of the molecule is CC(C)(C)[Si](C)(C)O[C@@H]1CC[C@H]2O[C@H]2[C@@]12CCC(=O)O2. The van der Waals surface area contributed by atoms with Crippen molar-refractivity contribution in [3.05, 3.63) is 0 Å². The van der Waals surface area contributed by atoms with Crippen LogP contribution in [-0.4, -0.2) is 38.2 Å². The summed E-state index contributed by atoms with van der Waals surface area (Å²) in [6.45, 7) is 11.2. The molecule has 0 bridgehead atoms. The number of esters is 1. The average Bonchev–Trinajstić information content (AvgIpc) is 3.00. The zero-order valence-electron chi connectivity index (χ0n) is 13.2. The van der Waals surface area contributed by atoms with Crippen molar-refractivity contribution in [2.75, 3.05) is 0 Å². The number of carbonyl (C=O) groups is 1. The van der Waals surface area contributed by atoms with Crippen LogP contribution in [0.2, 0.25) is 18.1 Å². The molecule has 3 fully saturated rings. The minimum absolute atomic E-state index is 0.0126. The first kappa shape index (κ1) is 14.5. The molecule has 0 aromatic carbocycles. The molecule has 1 saturated carbocycles. The van der Waals surface area contributed by atoms with Gasteiger partial charge in [0, 0.05) is 12.8 Å². The topological polar surface area (TPSA) is 48.1 Å². The molecule has 0 unspecified atom stereocenters. The molecule has 4 nitrogen and oxygen atoms in total. The smallest absolute Gasteiger partial charge is 0.306 e. The van der Waals surface area contributed by atoms with Crippen LogP contribution in [0.15, 0.2) is 0 Å². The van der Waals surface area contributed by atoms with Gasteiger partial charge < -0.3 is 13.9 Å². The molecule has 0 aromatic heterocycles. The van der Waals surface area contributed by atoms with Crippen LogP contribution < -0.4 is 0 Å². The highest BCUT2D eigenvalue weighted by atomic mass is 28.4. The van der Waals surface area contributed by atoms with Crippen LogP contribution in [0.5, 0.6) is 0 Å². The molecule has 2 saturated heterocycles. The molecule has 2 heterocycles. The number of carbonyl (C=O) groups excluding carboxylic acids is 1. The second-order valence-corrected chi connectivity index (χ2v) is 12.7. The second-order valence-electron chi connectivity index (χ2n) is 7.97. The summed E-state index contributed by atoms with van der Waals surface area (Å²) in [7, 11) is -1.87. The fourth-order valence-electron chi connectivity index (χ4n) is 3.26. The lowest BCUT2D eigenvalue weighted by Crippen LogP contribution is -2.57. The Morgan fingerprint density at radius 1 is 1.30 bits per heavy atom. The maximum atomic E-state index is 11.7. The Labute approximate surface area is 122 Å². The van der Waals surface area contributed by atoms with E-state index in [2.05, 4.69) is 33.9 Å². The maximum Gasteiger partial charge on any atom is 0.306 e. The Balaban J connectivity index is 1.82. The van der Waals surface area contributed by atoms with Gasteiger partial charge in [0.25, 0.3) is 0 Å². The minimum atomic E-state index is -1.87. The van der Waals surface area contributed by atoms with Crippen molar-refractivity contribution in [2.24, 2.45) is 0 Å². The quantitative estimate of drug-likeness (QED) is 0.447. The first-order valence-electron chi connectivity index (χ1n) is 7.71. The van der Waals surface area contributed by atoms with Gasteiger partial charge in [-0.05, 0) is 31.0 Å². The van der Waals surface area contributed by atoms with Gasteiger partial charge in [0.05, 0.1) is 12.2 Å². The van der Waals surface area contributed by atoms with E-state index in [0.29, 0.717) is 12.5 Å².